The number of urea groups is 1. The maximum Gasteiger partial charge on any atom is 0.319 e. The molecule has 0 spiro atoms. The van der Waals surface area contributed by atoms with E-state index < -0.39 is 11.9 Å². The maximum absolute atomic E-state index is 11.5. The van der Waals surface area contributed by atoms with E-state index in [2.05, 4.69) is 22.5 Å². The summed E-state index contributed by atoms with van der Waals surface area (Å²) < 4.78 is 6.04. The highest BCUT2D eigenvalue weighted by molar-refractivity contribution is 9.10. The molecule has 0 radical (unpaired) electrons. The molecular weight excluding hydrogens is 338 g/mol. The van der Waals surface area contributed by atoms with Crippen LogP contribution in [0.15, 0.2) is 40.9 Å². The number of imide groups is 1. The van der Waals surface area contributed by atoms with Crippen LogP contribution in [0, 0.1) is 11.3 Å². The van der Waals surface area contributed by atoms with Gasteiger partial charge in [0.2, 0.25) is 0 Å². The van der Waals surface area contributed by atoms with Crippen LogP contribution in [0.25, 0.3) is 6.08 Å². The second-order valence-corrected chi connectivity index (χ2v) is 4.63. The highest BCUT2D eigenvalue weighted by Gasteiger charge is 2.11. The molecule has 1 aromatic carbocycles. The number of carbonyl (C=O) groups is 2. The molecule has 0 heterocycles. The minimum Gasteiger partial charge on any atom is -0.488 e. The highest BCUT2D eigenvalue weighted by Crippen LogP contribution is 2.27. The molecule has 0 saturated heterocycles. The van der Waals surface area contributed by atoms with Gasteiger partial charge in [-0.05, 0) is 39.7 Å². The molecule has 0 aliphatic rings. The molecule has 6 nitrogen and oxygen atoms in total. The van der Waals surface area contributed by atoms with E-state index in [4.69, 9.17) is 15.7 Å². The minimum absolute atomic E-state index is 0.236. The quantitative estimate of drug-likeness (QED) is 0.482. The molecule has 0 atom stereocenters. The molecule has 0 aliphatic carbocycles. The fourth-order valence-electron chi connectivity index (χ4n) is 1.37. The second kappa shape index (κ2) is 7.87. The van der Waals surface area contributed by atoms with Gasteiger partial charge >= 0.3 is 6.03 Å². The molecule has 0 unspecified atom stereocenters. The summed E-state index contributed by atoms with van der Waals surface area (Å²) in [6, 6.07) is 5.71. The zero-order chi connectivity index (χ0) is 15.8. The van der Waals surface area contributed by atoms with Crippen molar-refractivity contribution in [3.63, 3.8) is 0 Å². The van der Waals surface area contributed by atoms with E-state index in [9.17, 15) is 9.59 Å². The van der Waals surface area contributed by atoms with Crippen molar-refractivity contribution in [3.05, 3.63) is 46.5 Å². The van der Waals surface area contributed by atoms with E-state index in [1.54, 1.807) is 30.3 Å². The minimum atomic E-state index is -1.02. The van der Waals surface area contributed by atoms with E-state index in [-0.39, 0.29) is 5.57 Å². The van der Waals surface area contributed by atoms with Gasteiger partial charge in [0.25, 0.3) is 5.91 Å². The molecule has 0 aliphatic heterocycles. The molecule has 3 amide bonds. The largest absolute Gasteiger partial charge is 0.488 e. The summed E-state index contributed by atoms with van der Waals surface area (Å²) >= 11 is 3.32. The first-order valence-corrected chi connectivity index (χ1v) is 6.53. The molecule has 0 aromatic heterocycles. The number of hydrogen-bond donors (Lipinski definition) is 2. The molecule has 108 valence electrons. The number of ether oxygens (including phenoxy) is 1. The van der Waals surface area contributed by atoms with Gasteiger partial charge in [-0.3, -0.25) is 10.1 Å². The van der Waals surface area contributed by atoms with Crippen molar-refractivity contribution >= 4 is 33.9 Å². The lowest BCUT2D eigenvalue weighted by atomic mass is 10.1. The van der Waals surface area contributed by atoms with Gasteiger partial charge < -0.3 is 10.5 Å². The van der Waals surface area contributed by atoms with Crippen LogP contribution >= 0.6 is 15.9 Å². The number of hydrogen-bond acceptors (Lipinski definition) is 4. The number of nitrogens with one attached hydrogen (secondary N) is 1. The van der Waals surface area contributed by atoms with E-state index in [0.29, 0.717) is 22.4 Å². The number of amides is 3. The number of carbonyl (C=O) groups excluding carboxylic acids is 2. The van der Waals surface area contributed by atoms with Crippen LogP contribution in [0.3, 0.4) is 0 Å². The van der Waals surface area contributed by atoms with Crippen LogP contribution in [0.1, 0.15) is 5.56 Å². The van der Waals surface area contributed by atoms with Crippen molar-refractivity contribution in [1.82, 2.24) is 5.32 Å². The molecule has 1 rings (SSSR count). The Morgan fingerprint density at radius 2 is 2.24 bits per heavy atom. The molecule has 0 fully saturated rings. The van der Waals surface area contributed by atoms with Gasteiger partial charge in [0.05, 0.1) is 4.47 Å². The lowest BCUT2D eigenvalue weighted by Gasteiger charge is -2.06. The van der Waals surface area contributed by atoms with Crippen molar-refractivity contribution in [2.75, 3.05) is 6.61 Å². The molecule has 0 saturated carbocycles. The zero-order valence-electron chi connectivity index (χ0n) is 10.9. The maximum atomic E-state index is 11.5. The first-order chi connectivity index (χ1) is 9.97. The lowest BCUT2D eigenvalue weighted by molar-refractivity contribution is -0.115. The summed E-state index contributed by atoms with van der Waals surface area (Å²) in [5.74, 6) is -0.250. The van der Waals surface area contributed by atoms with Gasteiger partial charge in [0.15, 0.2) is 0 Å². The number of nitrogens with zero attached hydrogens (tertiary/aromatic N) is 1. The summed E-state index contributed by atoms with van der Waals surface area (Å²) in [5.41, 5.74) is 5.18. The van der Waals surface area contributed by atoms with Crippen molar-refractivity contribution in [1.29, 1.82) is 5.26 Å². The Kier molecular flexibility index (Phi) is 6.17. The standard InChI is InChI=1S/C14H12BrN3O3/c1-2-5-21-12-4-3-9(7-11(12)15)6-10(8-16)13(19)18-14(17)20/h2-4,6-7H,1,5H2,(H3,17,18,19,20)/b10-6-. The molecule has 21 heavy (non-hydrogen) atoms. The third kappa shape index (κ3) is 5.12. The number of nitriles is 1. The van der Waals surface area contributed by atoms with Gasteiger partial charge in [-0.25, -0.2) is 4.79 Å². The predicted octanol–water partition coefficient (Wildman–Crippen LogP) is 2.12. The van der Waals surface area contributed by atoms with Crippen molar-refractivity contribution in [2.24, 2.45) is 5.73 Å². The topological polar surface area (TPSA) is 105 Å². The average molecular weight is 350 g/mol. The van der Waals surface area contributed by atoms with Crippen LogP contribution in [-0.4, -0.2) is 18.5 Å². The SMILES string of the molecule is C=CCOc1ccc(/C=C(/C#N)C(=O)NC(N)=O)cc1Br. The van der Waals surface area contributed by atoms with E-state index in [0.717, 1.165) is 0 Å². The molecule has 3 N–H and O–H groups in total. The Balaban J connectivity index is 2.99. The van der Waals surface area contributed by atoms with Crippen LogP contribution < -0.4 is 15.8 Å². The molecule has 1 aromatic rings. The fourth-order valence-corrected chi connectivity index (χ4v) is 1.88. The van der Waals surface area contributed by atoms with Crippen LogP contribution in [0.4, 0.5) is 4.79 Å². The summed E-state index contributed by atoms with van der Waals surface area (Å²) in [6.07, 6.45) is 2.95. The highest BCUT2D eigenvalue weighted by atomic mass is 79.9. The predicted molar refractivity (Wildman–Crippen MR) is 81.2 cm³/mol. The number of benzene rings is 1. The van der Waals surface area contributed by atoms with E-state index in [1.807, 2.05) is 5.32 Å². The normalized spacial score (nSPS) is 10.4. The number of halogens is 1. The van der Waals surface area contributed by atoms with Gasteiger partial charge in [0.1, 0.15) is 24.0 Å². The smallest absolute Gasteiger partial charge is 0.319 e. The number of primary amides is 1. The first kappa shape index (κ1) is 16.5. The Hall–Kier alpha value is -2.59. The van der Waals surface area contributed by atoms with Gasteiger partial charge in [-0.2, -0.15) is 5.26 Å². The van der Waals surface area contributed by atoms with Crippen molar-refractivity contribution < 1.29 is 14.3 Å². The van der Waals surface area contributed by atoms with Gasteiger partial charge in [0, 0.05) is 0 Å². The monoisotopic (exact) mass is 349 g/mol. The van der Waals surface area contributed by atoms with Gasteiger partial charge in [-0.1, -0.05) is 18.7 Å². The van der Waals surface area contributed by atoms with Crippen LogP contribution in [0.5, 0.6) is 5.75 Å². The number of nitrogens with two attached hydrogens (primary N) is 1. The Labute approximate surface area is 130 Å². The zero-order valence-corrected chi connectivity index (χ0v) is 12.5. The summed E-state index contributed by atoms with van der Waals surface area (Å²) in [6.45, 7) is 3.91. The lowest BCUT2D eigenvalue weighted by Crippen LogP contribution is -2.35. The summed E-state index contributed by atoms with van der Waals surface area (Å²) in [4.78, 5) is 22.1. The average Bonchev–Trinajstić information content (AvgIpc) is 2.43. The molecule has 7 heteroatoms. The van der Waals surface area contributed by atoms with E-state index in [1.165, 1.54) is 6.08 Å². The number of rotatable bonds is 5. The van der Waals surface area contributed by atoms with E-state index >= 15 is 0 Å². The Morgan fingerprint density at radius 3 is 2.76 bits per heavy atom. The van der Waals surface area contributed by atoms with Gasteiger partial charge in [-0.15, -0.1) is 0 Å². The fraction of sp³-hybridized carbons (Fsp3) is 0.0714. The molecule has 0 bridgehead atoms. The van der Waals surface area contributed by atoms with Crippen molar-refractivity contribution in [3.8, 4) is 11.8 Å². The first-order valence-electron chi connectivity index (χ1n) is 5.73. The summed E-state index contributed by atoms with van der Waals surface area (Å²) in [7, 11) is 0. The Morgan fingerprint density at radius 1 is 1.52 bits per heavy atom. The third-order valence-corrected chi connectivity index (χ3v) is 2.85. The third-order valence-electron chi connectivity index (χ3n) is 2.23. The van der Waals surface area contributed by atoms with Crippen LogP contribution in [0.2, 0.25) is 0 Å². The van der Waals surface area contributed by atoms with Crippen molar-refractivity contribution in [2.45, 2.75) is 0 Å². The Bertz CT molecular complexity index is 647. The second-order valence-electron chi connectivity index (χ2n) is 3.78. The van der Waals surface area contributed by atoms with Crippen LogP contribution in [-0.2, 0) is 4.79 Å². The summed E-state index contributed by atoms with van der Waals surface area (Å²) in [5, 5.41) is 10.8. The molecular formula is C14H12BrN3O3.